The molecule has 0 unspecified atom stereocenters. The minimum Gasteiger partial charge on any atom is -0.495 e. The topological polar surface area (TPSA) is 112 Å². The Morgan fingerprint density at radius 3 is 2.75 bits per heavy atom. The fourth-order valence-electron chi connectivity index (χ4n) is 2.45. The number of ether oxygens (including phenoxy) is 2. The molecular formula is C19H15N5O4. The van der Waals surface area contributed by atoms with Crippen LogP contribution in [0.1, 0.15) is 5.69 Å². The number of nitrogens with one attached hydrogen (secondary N) is 1. The van der Waals surface area contributed by atoms with Crippen molar-refractivity contribution in [1.29, 1.82) is 0 Å². The summed E-state index contributed by atoms with van der Waals surface area (Å²) in [5.74, 6) is 1.04. The first-order valence-corrected chi connectivity index (χ1v) is 8.30. The van der Waals surface area contributed by atoms with Gasteiger partial charge in [-0.2, -0.15) is 0 Å². The van der Waals surface area contributed by atoms with E-state index in [1.165, 1.54) is 6.33 Å². The largest absolute Gasteiger partial charge is 0.495 e. The minimum absolute atomic E-state index is 0.0419. The Balaban J connectivity index is 1.41. The summed E-state index contributed by atoms with van der Waals surface area (Å²) in [4.78, 5) is 28.5. The van der Waals surface area contributed by atoms with E-state index in [-0.39, 0.29) is 6.61 Å². The molecule has 0 fully saturated rings. The average molecular weight is 377 g/mol. The number of benzene rings is 1. The molecule has 9 nitrogen and oxygen atoms in total. The number of hydrogen-bond acceptors (Lipinski definition) is 8. The number of nitrogens with zero attached hydrogens (tertiary/aromatic N) is 4. The number of carbonyl (C=O) groups excluding carboxylic acids is 1. The fourth-order valence-corrected chi connectivity index (χ4v) is 2.45. The molecule has 9 heteroatoms. The zero-order chi connectivity index (χ0) is 19.3. The lowest BCUT2D eigenvalue weighted by molar-refractivity contribution is 0.153. The Kier molecular flexibility index (Phi) is 4.79. The lowest BCUT2D eigenvalue weighted by Crippen LogP contribution is -2.13. The predicted octanol–water partition coefficient (Wildman–Crippen LogP) is 3.44. The van der Waals surface area contributed by atoms with Crippen LogP contribution in [0.4, 0.5) is 10.5 Å². The number of amides is 1. The number of fused-ring (bicyclic) bond motifs is 1. The summed E-state index contributed by atoms with van der Waals surface area (Å²) in [5.41, 5.74) is 2.98. The van der Waals surface area contributed by atoms with Gasteiger partial charge in [0.05, 0.1) is 24.6 Å². The van der Waals surface area contributed by atoms with Crippen molar-refractivity contribution < 1.29 is 18.7 Å². The van der Waals surface area contributed by atoms with E-state index in [1.807, 2.05) is 0 Å². The summed E-state index contributed by atoms with van der Waals surface area (Å²) >= 11 is 0. The maximum atomic E-state index is 12.0. The molecule has 3 heterocycles. The van der Waals surface area contributed by atoms with Gasteiger partial charge in [0, 0.05) is 18.1 Å². The number of pyridine rings is 1. The van der Waals surface area contributed by atoms with Gasteiger partial charge in [-0.15, -0.1) is 0 Å². The zero-order valence-corrected chi connectivity index (χ0v) is 14.8. The van der Waals surface area contributed by atoms with Gasteiger partial charge in [0.25, 0.3) is 0 Å². The molecule has 1 N–H and O–H groups in total. The Labute approximate surface area is 159 Å². The highest BCUT2D eigenvalue weighted by atomic mass is 16.5. The summed E-state index contributed by atoms with van der Waals surface area (Å²) in [6.07, 6.45) is 5.62. The van der Waals surface area contributed by atoms with Gasteiger partial charge in [0.1, 0.15) is 24.2 Å². The normalized spacial score (nSPS) is 10.6. The molecule has 1 amide bonds. The van der Waals surface area contributed by atoms with Gasteiger partial charge in [-0.05, 0) is 30.3 Å². The van der Waals surface area contributed by atoms with Gasteiger partial charge in [0.2, 0.25) is 5.89 Å². The highest BCUT2D eigenvalue weighted by Crippen LogP contribution is 2.25. The monoisotopic (exact) mass is 377 g/mol. The first-order valence-electron chi connectivity index (χ1n) is 8.30. The fraction of sp³-hybridized carbons (Fsp3) is 0.105. The van der Waals surface area contributed by atoms with Crippen LogP contribution in [0.3, 0.4) is 0 Å². The highest BCUT2D eigenvalue weighted by molar-refractivity contribution is 5.88. The number of methoxy groups -OCH3 is 1. The first kappa shape index (κ1) is 17.4. The number of oxazole rings is 1. The SMILES string of the molecule is COc1ccc(COC(=O)Nc2ccc3oc(-c4cncnc4)nc3c2)nc1. The lowest BCUT2D eigenvalue weighted by Gasteiger charge is -2.07. The van der Waals surface area contributed by atoms with Crippen molar-refractivity contribution in [2.24, 2.45) is 0 Å². The van der Waals surface area contributed by atoms with Crippen molar-refractivity contribution in [3.63, 3.8) is 0 Å². The van der Waals surface area contributed by atoms with Crippen molar-refractivity contribution in [2.75, 3.05) is 12.4 Å². The molecular weight excluding hydrogens is 362 g/mol. The van der Waals surface area contributed by atoms with E-state index in [0.717, 1.165) is 0 Å². The Bertz CT molecular complexity index is 1100. The molecule has 140 valence electrons. The molecule has 0 aliphatic rings. The second kappa shape index (κ2) is 7.70. The van der Waals surface area contributed by atoms with E-state index in [4.69, 9.17) is 13.9 Å². The number of carbonyl (C=O) groups is 1. The van der Waals surface area contributed by atoms with Crippen LogP contribution in [0.2, 0.25) is 0 Å². The standard InChI is InChI=1S/C19H15N5O4/c1-26-15-4-2-14(22-9-15)10-27-19(25)23-13-3-5-17-16(6-13)24-18(28-17)12-7-20-11-21-8-12/h2-9,11H,10H2,1H3,(H,23,25). The van der Waals surface area contributed by atoms with E-state index in [2.05, 4.69) is 25.3 Å². The molecule has 0 spiro atoms. The van der Waals surface area contributed by atoms with Crippen molar-refractivity contribution in [3.8, 4) is 17.2 Å². The smallest absolute Gasteiger partial charge is 0.412 e. The van der Waals surface area contributed by atoms with Gasteiger partial charge in [-0.3, -0.25) is 10.3 Å². The molecule has 0 bridgehead atoms. The van der Waals surface area contributed by atoms with Gasteiger partial charge in [0.15, 0.2) is 5.58 Å². The van der Waals surface area contributed by atoms with E-state index in [1.54, 1.807) is 56.0 Å². The van der Waals surface area contributed by atoms with Crippen LogP contribution >= 0.6 is 0 Å². The molecule has 3 aromatic heterocycles. The third-order valence-electron chi connectivity index (χ3n) is 3.83. The number of aromatic nitrogens is 4. The van der Waals surface area contributed by atoms with Crippen LogP contribution in [0.5, 0.6) is 5.75 Å². The van der Waals surface area contributed by atoms with Crippen molar-refractivity contribution in [2.45, 2.75) is 6.61 Å². The second-order valence-corrected chi connectivity index (χ2v) is 5.72. The van der Waals surface area contributed by atoms with Crippen LogP contribution in [0.25, 0.3) is 22.6 Å². The van der Waals surface area contributed by atoms with E-state index in [0.29, 0.717) is 39.7 Å². The number of anilines is 1. The van der Waals surface area contributed by atoms with Gasteiger partial charge < -0.3 is 13.9 Å². The van der Waals surface area contributed by atoms with E-state index in [9.17, 15) is 4.79 Å². The maximum Gasteiger partial charge on any atom is 0.412 e. The Hall–Kier alpha value is -4.01. The molecule has 0 saturated heterocycles. The summed E-state index contributed by atoms with van der Waals surface area (Å²) in [5, 5.41) is 2.66. The molecule has 28 heavy (non-hydrogen) atoms. The molecule has 0 atom stereocenters. The first-order chi connectivity index (χ1) is 13.7. The summed E-state index contributed by atoms with van der Waals surface area (Å²) in [7, 11) is 1.56. The van der Waals surface area contributed by atoms with Crippen molar-refractivity contribution in [3.05, 3.63) is 60.9 Å². The lowest BCUT2D eigenvalue weighted by atomic mass is 10.3. The highest BCUT2D eigenvalue weighted by Gasteiger charge is 2.11. The average Bonchev–Trinajstić information content (AvgIpc) is 3.17. The van der Waals surface area contributed by atoms with Crippen LogP contribution in [0.15, 0.2) is 59.7 Å². The molecule has 0 aliphatic heterocycles. The van der Waals surface area contributed by atoms with Crippen molar-refractivity contribution in [1.82, 2.24) is 19.9 Å². The molecule has 0 saturated carbocycles. The molecule has 4 rings (SSSR count). The van der Waals surface area contributed by atoms with Crippen molar-refractivity contribution >= 4 is 22.9 Å². The zero-order valence-electron chi connectivity index (χ0n) is 14.8. The number of rotatable bonds is 5. The van der Waals surface area contributed by atoms with Gasteiger partial charge >= 0.3 is 6.09 Å². The molecule has 1 aromatic carbocycles. The number of hydrogen-bond donors (Lipinski definition) is 1. The minimum atomic E-state index is -0.600. The van der Waals surface area contributed by atoms with Crippen LogP contribution < -0.4 is 10.1 Å². The Morgan fingerprint density at radius 2 is 2.00 bits per heavy atom. The maximum absolute atomic E-state index is 12.0. The Morgan fingerprint density at radius 1 is 1.14 bits per heavy atom. The van der Waals surface area contributed by atoms with Crippen LogP contribution in [-0.4, -0.2) is 33.1 Å². The van der Waals surface area contributed by atoms with E-state index >= 15 is 0 Å². The predicted molar refractivity (Wildman–Crippen MR) is 99.6 cm³/mol. The molecule has 0 radical (unpaired) electrons. The quantitative estimate of drug-likeness (QED) is 0.563. The molecule has 4 aromatic rings. The second-order valence-electron chi connectivity index (χ2n) is 5.72. The van der Waals surface area contributed by atoms with Crippen LogP contribution in [0, 0.1) is 0 Å². The van der Waals surface area contributed by atoms with Gasteiger partial charge in [-0.1, -0.05) is 0 Å². The van der Waals surface area contributed by atoms with Gasteiger partial charge in [-0.25, -0.2) is 19.7 Å². The summed E-state index contributed by atoms with van der Waals surface area (Å²) < 4.78 is 15.9. The van der Waals surface area contributed by atoms with E-state index < -0.39 is 6.09 Å². The van der Waals surface area contributed by atoms with Crippen LogP contribution in [-0.2, 0) is 11.3 Å². The summed E-state index contributed by atoms with van der Waals surface area (Å²) in [6, 6.07) is 8.58. The molecule has 0 aliphatic carbocycles. The third-order valence-corrected chi connectivity index (χ3v) is 3.83. The third kappa shape index (κ3) is 3.88. The summed E-state index contributed by atoms with van der Waals surface area (Å²) in [6.45, 7) is 0.0419.